The first-order valence-corrected chi connectivity index (χ1v) is 11.7. The van der Waals surface area contributed by atoms with Crippen LogP contribution >= 0.6 is 11.6 Å². The average Bonchev–Trinajstić information content (AvgIpc) is 3.23. The van der Waals surface area contributed by atoms with E-state index in [4.69, 9.17) is 25.8 Å². The van der Waals surface area contributed by atoms with Crippen LogP contribution in [0.2, 0.25) is 5.02 Å². The van der Waals surface area contributed by atoms with Crippen LogP contribution in [0.5, 0.6) is 17.2 Å². The van der Waals surface area contributed by atoms with Crippen LogP contribution in [0, 0.1) is 0 Å². The van der Waals surface area contributed by atoms with Gasteiger partial charge in [-0.15, -0.1) is 0 Å². The van der Waals surface area contributed by atoms with Gasteiger partial charge >= 0.3 is 0 Å². The van der Waals surface area contributed by atoms with Gasteiger partial charge in [0.05, 0.1) is 15.5 Å². The van der Waals surface area contributed by atoms with Crippen LogP contribution in [0.1, 0.15) is 24.2 Å². The molecule has 0 saturated heterocycles. The lowest BCUT2D eigenvalue weighted by atomic mass is 10.2. The first-order valence-electron chi connectivity index (χ1n) is 9.86. The topological polar surface area (TPSA) is 114 Å². The van der Waals surface area contributed by atoms with Gasteiger partial charge in [0.25, 0.3) is 5.91 Å². The molecule has 1 unspecified atom stereocenters. The Bertz CT molecular complexity index is 1090. The number of hydrogen-bond donors (Lipinski definition) is 2. The SMILES string of the molecule is CC(C)N(C)S(=O)(=O)c1ccc(Cl)c(C(=O)NCC(O)COc2ccc3c(c2)OCO3)c1. The minimum Gasteiger partial charge on any atom is -0.491 e. The van der Waals surface area contributed by atoms with Crippen LogP contribution in [0.3, 0.4) is 0 Å². The molecule has 11 heteroatoms. The maximum atomic E-state index is 12.7. The largest absolute Gasteiger partial charge is 0.491 e. The molecule has 0 radical (unpaired) electrons. The molecule has 174 valence electrons. The van der Waals surface area contributed by atoms with Crippen molar-refractivity contribution in [3.05, 3.63) is 47.0 Å². The zero-order valence-corrected chi connectivity index (χ0v) is 19.4. The summed E-state index contributed by atoms with van der Waals surface area (Å²) in [5, 5.41) is 12.8. The molecule has 1 heterocycles. The van der Waals surface area contributed by atoms with E-state index in [0.29, 0.717) is 17.2 Å². The van der Waals surface area contributed by atoms with E-state index in [1.165, 1.54) is 29.6 Å². The van der Waals surface area contributed by atoms with Gasteiger partial charge in [0.1, 0.15) is 18.5 Å². The predicted molar refractivity (Wildman–Crippen MR) is 118 cm³/mol. The van der Waals surface area contributed by atoms with Gasteiger partial charge in [-0.25, -0.2) is 8.42 Å². The summed E-state index contributed by atoms with van der Waals surface area (Å²) in [6, 6.07) is 8.70. The third-order valence-corrected chi connectivity index (χ3v) is 7.23. The van der Waals surface area contributed by atoms with Gasteiger partial charge in [-0.3, -0.25) is 4.79 Å². The number of benzene rings is 2. The van der Waals surface area contributed by atoms with Crippen molar-refractivity contribution < 1.29 is 32.5 Å². The molecule has 0 fully saturated rings. The van der Waals surface area contributed by atoms with E-state index in [-0.39, 0.29) is 41.5 Å². The first-order chi connectivity index (χ1) is 15.1. The molecule has 1 amide bonds. The zero-order valence-electron chi connectivity index (χ0n) is 17.9. The number of amides is 1. The number of halogens is 1. The van der Waals surface area contributed by atoms with Gasteiger partial charge in [0, 0.05) is 25.7 Å². The lowest BCUT2D eigenvalue weighted by Gasteiger charge is -2.21. The lowest BCUT2D eigenvalue weighted by Crippen LogP contribution is -2.36. The molecule has 1 atom stereocenters. The van der Waals surface area contributed by atoms with Gasteiger partial charge in [-0.05, 0) is 44.2 Å². The van der Waals surface area contributed by atoms with Crippen LogP contribution in [0.25, 0.3) is 0 Å². The standard InChI is InChI=1S/C21H25ClN2O7S/c1-13(2)24(3)32(27,28)16-5-6-18(22)17(9-16)21(26)23-10-14(25)11-29-15-4-7-19-20(8-15)31-12-30-19/h4-9,13-14,25H,10-12H2,1-3H3,(H,23,26). The maximum Gasteiger partial charge on any atom is 0.252 e. The van der Waals surface area contributed by atoms with Crippen molar-refractivity contribution in [3.8, 4) is 17.2 Å². The number of nitrogens with zero attached hydrogens (tertiary/aromatic N) is 1. The van der Waals surface area contributed by atoms with Crippen molar-refractivity contribution in [2.24, 2.45) is 0 Å². The van der Waals surface area contributed by atoms with Crippen LogP contribution in [-0.2, 0) is 10.0 Å². The molecule has 32 heavy (non-hydrogen) atoms. The molecule has 2 aromatic rings. The van der Waals surface area contributed by atoms with Crippen molar-refractivity contribution in [1.82, 2.24) is 9.62 Å². The Morgan fingerprint density at radius 2 is 1.94 bits per heavy atom. The quantitative estimate of drug-likeness (QED) is 0.561. The second kappa shape index (κ2) is 9.95. The van der Waals surface area contributed by atoms with Crippen molar-refractivity contribution in [1.29, 1.82) is 0 Å². The van der Waals surface area contributed by atoms with Gasteiger partial charge in [-0.2, -0.15) is 4.31 Å². The third-order valence-electron chi connectivity index (χ3n) is 4.87. The van der Waals surface area contributed by atoms with Crippen molar-refractivity contribution in [2.75, 3.05) is 27.0 Å². The third kappa shape index (κ3) is 5.44. The predicted octanol–water partition coefficient (Wildman–Crippen LogP) is 2.27. The molecule has 0 aliphatic carbocycles. The number of nitrogens with one attached hydrogen (secondary N) is 1. The lowest BCUT2D eigenvalue weighted by molar-refractivity contribution is 0.0843. The minimum absolute atomic E-state index is 0.00575. The summed E-state index contributed by atoms with van der Waals surface area (Å²) in [5.74, 6) is 1.04. The van der Waals surface area contributed by atoms with E-state index in [1.807, 2.05) is 0 Å². The highest BCUT2D eigenvalue weighted by molar-refractivity contribution is 7.89. The summed E-state index contributed by atoms with van der Waals surface area (Å²) in [6.07, 6.45) is -1.01. The number of hydrogen-bond acceptors (Lipinski definition) is 7. The number of sulfonamides is 1. The molecule has 0 aromatic heterocycles. The van der Waals surface area contributed by atoms with E-state index in [9.17, 15) is 18.3 Å². The van der Waals surface area contributed by atoms with Gasteiger partial charge in [0.2, 0.25) is 16.8 Å². The molecule has 3 rings (SSSR count). The normalized spacial score (nSPS) is 14.0. The summed E-state index contributed by atoms with van der Waals surface area (Å²) in [4.78, 5) is 12.5. The monoisotopic (exact) mass is 484 g/mol. The molecule has 0 saturated carbocycles. The molecular weight excluding hydrogens is 460 g/mol. The molecular formula is C21H25ClN2O7S. The zero-order chi connectivity index (χ0) is 23.5. The molecule has 9 nitrogen and oxygen atoms in total. The van der Waals surface area contributed by atoms with E-state index in [0.717, 1.165) is 0 Å². The highest BCUT2D eigenvalue weighted by Gasteiger charge is 2.25. The van der Waals surface area contributed by atoms with Gasteiger partial charge < -0.3 is 24.6 Å². The highest BCUT2D eigenvalue weighted by Crippen LogP contribution is 2.35. The van der Waals surface area contributed by atoms with Crippen LogP contribution in [0.4, 0.5) is 0 Å². The van der Waals surface area contributed by atoms with Gasteiger partial charge in [-0.1, -0.05) is 11.6 Å². The number of carbonyl (C=O) groups is 1. The van der Waals surface area contributed by atoms with Crippen molar-refractivity contribution in [2.45, 2.75) is 30.9 Å². The van der Waals surface area contributed by atoms with Crippen LogP contribution < -0.4 is 19.5 Å². The summed E-state index contributed by atoms with van der Waals surface area (Å²) < 4.78 is 42.6. The molecule has 1 aliphatic rings. The molecule has 1 aliphatic heterocycles. The Kier molecular flexibility index (Phi) is 7.50. The van der Waals surface area contributed by atoms with Crippen molar-refractivity contribution in [3.63, 3.8) is 0 Å². The highest BCUT2D eigenvalue weighted by atomic mass is 35.5. The van der Waals surface area contributed by atoms with Crippen molar-refractivity contribution >= 4 is 27.5 Å². The fourth-order valence-corrected chi connectivity index (χ4v) is 4.40. The smallest absolute Gasteiger partial charge is 0.252 e. The summed E-state index contributed by atoms with van der Waals surface area (Å²) in [5.41, 5.74) is -0.00575. The minimum atomic E-state index is -3.78. The summed E-state index contributed by atoms with van der Waals surface area (Å²) in [7, 11) is -2.32. The number of fused-ring (bicyclic) bond motifs is 1. The van der Waals surface area contributed by atoms with E-state index < -0.39 is 22.0 Å². The molecule has 2 N–H and O–H groups in total. The second-order valence-corrected chi connectivity index (χ2v) is 9.85. The van der Waals surface area contributed by atoms with E-state index in [1.54, 1.807) is 32.0 Å². The Hall–Kier alpha value is -2.53. The van der Waals surface area contributed by atoms with Crippen LogP contribution in [-0.4, -0.2) is 62.9 Å². The molecule has 2 aromatic carbocycles. The van der Waals surface area contributed by atoms with Gasteiger partial charge in [0.15, 0.2) is 11.5 Å². The van der Waals surface area contributed by atoms with E-state index in [2.05, 4.69) is 5.32 Å². The fourth-order valence-electron chi connectivity index (χ4n) is 2.81. The summed E-state index contributed by atoms with van der Waals surface area (Å²) >= 11 is 6.11. The average molecular weight is 485 g/mol. The number of aliphatic hydroxyl groups excluding tert-OH is 1. The first kappa shape index (κ1) is 24.1. The Labute approximate surface area is 191 Å². The maximum absolute atomic E-state index is 12.7. The Morgan fingerprint density at radius 3 is 2.66 bits per heavy atom. The number of carbonyl (C=O) groups excluding carboxylic acids is 1. The molecule has 0 bridgehead atoms. The molecule has 0 spiro atoms. The van der Waals surface area contributed by atoms with E-state index >= 15 is 0 Å². The van der Waals surface area contributed by atoms with Crippen LogP contribution in [0.15, 0.2) is 41.3 Å². The fraction of sp³-hybridized carbons (Fsp3) is 0.381. The summed E-state index contributed by atoms with van der Waals surface area (Å²) in [6.45, 7) is 3.43. The number of ether oxygens (including phenoxy) is 3. The Balaban J connectivity index is 1.59. The Morgan fingerprint density at radius 1 is 1.22 bits per heavy atom. The second-order valence-electron chi connectivity index (χ2n) is 7.45. The number of rotatable bonds is 9. The number of aliphatic hydroxyl groups is 1.